The van der Waals surface area contributed by atoms with E-state index < -0.39 is 0 Å². The molecule has 1 aromatic heterocycles. The molecule has 2 heterocycles. The Morgan fingerprint density at radius 2 is 1.89 bits per heavy atom. The maximum absolute atomic E-state index is 13.2. The molecule has 0 radical (unpaired) electrons. The molecular formula is C23H26FN3O. The van der Waals surface area contributed by atoms with Gasteiger partial charge in [-0.1, -0.05) is 30.3 Å². The molecule has 1 fully saturated rings. The number of H-pyrrole nitrogens is 1. The fourth-order valence-corrected chi connectivity index (χ4v) is 4.34. The normalized spacial score (nSPS) is 20.4. The van der Waals surface area contributed by atoms with Gasteiger partial charge in [0.2, 0.25) is 0 Å². The van der Waals surface area contributed by atoms with Crippen molar-refractivity contribution in [2.24, 2.45) is 5.41 Å². The van der Waals surface area contributed by atoms with Crippen LogP contribution in [0.3, 0.4) is 0 Å². The number of halogens is 1. The predicted molar refractivity (Wildman–Crippen MR) is 108 cm³/mol. The van der Waals surface area contributed by atoms with Crippen LogP contribution in [0.15, 0.2) is 60.8 Å². The third-order valence-electron chi connectivity index (χ3n) is 5.74. The van der Waals surface area contributed by atoms with Crippen LogP contribution in [-0.2, 0) is 13.0 Å². The van der Waals surface area contributed by atoms with Crippen LogP contribution in [-0.4, -0.2) is 39.9 Å². The number of aliphatic hydroxyl groups excluding tert-OH is 1. The molecule has 3 aromatic rings. The van der Waals surface area contributed by atoms with Gasteiger partial charge in [-0.25, -0.2) is 4.39 Å². The fourth-order valence-electron chi connectivity index (χ4n) is 4.34. The second-order valence-electron chi connectivity index (χ2n) is 7.91. The summed E-state index contributed by atoms with van der Waals surface area (Å²) in [6.07, 6.45) is 4.84. The van der Waals surface area contributed by atoms with E-state index in [2.05, 4.69) is 39.4 Å². The number of hydrogen-bond donors (Lipinski definition) is 2. The number of hydrogen-bond acceptors (Lipinski definition) is 3. The Balaban J connectivity index is 1.50. The van der Waals surface area contributed by atoms with Gasteiger partial charge < -0.3 is 5.11 Å². The minimum Gasteiger partial charge on any atom is -0.396 e. The van der Waals surface area contributed by atoms with Crippen molar-refractivity contribution in [1.82, 2.24) is 15.1 Å². The number of likely N-dealkylation sites (tertiary alicyclic amines) is 1. The van der Waals surface area contributed by atoms with E-state index in [1.807, 2.05) is 12.3 Å². The molecule has 5 heteroatoms. The van der Waals surface area contributed by atoms with Gasteiger partial charge in [-0.3, -0.25) is 10.00 Å². The third-order valence-corrected chi connectivity index (χ3v) is 5.74. The molecule has 1 aliphatic rings. The Kier molecular flexibility index (Phi) is 5.55. The Morgan fingerprint density at radius 3 is 2.64 bits per heavy atom. The average Bonchev–Trinajstić information content (AvgIpc) is 3.17. The van der Waals surface area contributed by atoms with Gasteiger partial charge in [0.05, 0.1) is 18.5 Å². The first-order valence-corrected chi connectivity index (χ1v) is 9.83. The Hall–Kier alpha value is -2.50. The fraction of sp³-hybridized carbons (Fsp3) is 0.348. The second-order valence-corrected chi connectivity index (χ2v) is 7.91. The molecule has 0 aliphatic carbocycles. The third kappa shape index (κ3) is 4.16. The van der Waals surface area contributed by atoms with E-state index >= 15 is 0 Å². The summed E-state index contributed by atoms with van der Waals surface area (Å²) in [5.41, 5.74) is 4.12. The molecule has 28 heavy (non-hydrogen) atoms. The van der Waals surface area contributed by atoms with Crippen molar-refractivity contribution in [3.05, 3.63) is 77.7 Å². The van der Waals surface area contributed by atoms with Crippen molar-refractivity contribution in [3.63, 3.8) is 0 Å². The van der Waals surface area contributed by atoms with Crippen LogP contribution in [0.25, 0.3) is 11.3 Å². The monoisotopic (exact) mass is 379 g/mol. The zero-order valence-corrected chi connectivity index (χ0v) is 15.9. The number of nitrogens with one attached hydrogen (secondary N) is 1. The lowest BCUT2D eigenvalue weighted by molar-refractivity contribution is 0.0289. The Bertz CT molecular complexity index is 894. The number of nitrogens with zero attached hydrogens (tertiary/aromatic N) is 2. The SMILES string of the molecule is OC[C@@]1(Cc2ccccc2)CCCN(Cc2cn[nH]c2-c2ccc(F)cc2)C1. The zero-order valence-electron chi connectivity index (χ0n) is 15.9. The molecule has 1 atom stereocenters. The lowest BCUT2D eigenvalue weighted by Gasteiger charge is -2.42. The maximum Gasteiger partial charge on any atom is 0.123 e. The molecule has 2 aromatic carbocycles. The van der Waals surface area contributed by atoms with Crippen molar-refractivity contribution < 1.29 is 9.50 Å². The summed E-state index contributed by atoms with van der Waals surface area (Å²) in [5, 5.41) is 17.5. The first-order valence-electron chi connectivity index (χ1n) is 9.83. The first kappa shape index (κ1) is 18.8. The summed E-state index contributed by atoms with van der Waals surface area (Å²) in [5.74, 6) is -0.241. The van der Waals surface area contributed by atoms with Crippen LogP contribution in [0.4, 0.5) is 4.39 Å². The smallest absolute Gasteiger partial charge is 0.123 e. The van der Waals surface area contributed by atoms with E-state index in [9.17, 15) is 9.50 Å². The van der Waals surface area contributed by atoms with Crippen LogP contribution in [0.1, 0.15) is 24.0 Å². The first-order chi connectivity index (χ1) is 13.7. The van der Waals surface area contributed by atoms with Gasteiger partial charge >= 0.3 is 0 Å². The largest absolute Gasteiger partial charge is 0.396 e. The molecule has 0 spiro atoms. The molecular weight excluding hydrogens is 353 g/mol. The molecule has 1 aliphatic heterocycles. The summed E-state index contributed by atoms with van der Waals surface area (Å²) in [4.78, 5) is 2.40. The lowest BCUT2D eigenvalue weighted by Crippen LogP contribution is -2.46. The van der Waals surface area contributed by atoms with E-state index in [0.717, 1.165) is 55.7 Å². The van der Waals surface area contributed by atoms with Gasteiger partial charge in [0.1, 0.15) is 5.82 Å². The van der Waals surface area contributed by atoms with Gasteiger partial charge in [-0.05, 0) is 55.6 Å². The number of aromatic amines is 1. The molecule has 146 valence electrons. The van der Waals surface area contributed by atoms with Gasteiger partial charge in [-0.2, -0.15) is 5.10 Å². The number of aliphatic hydroxyl groups is 1. The highest BCUT2D eigenvalue weighted by molar-refractivity contribution is 5.62. The Labute approximate surface area is 165 Å². The van der Waals surface area contributed by atoms with Gasteiger partial charge in [0.15, 0.2) is 0 Å². The highest BCUT2D eigenvalue weighted by atomic mass is 19.1. The number of aromatic nitrogens is 2. The molecule has 0 amide bonds. The van der Waals surface area contributed by atoms with Crippen LogP contribution in [0.2, 0.25) is 0 Å². The van der Waals surface area contributed by atoms with E-state index in [1.54, 1.807) is 12.1 Å². The maximum atomic E-state index is 13.2. The van der Waals surface area contributed by atoms with Gasteiger partial charge in [0.25, 0.3) is 0 Å². The van der Waals surface area contributed by atoms with Crippen LogP contribution < -0.4 is 0 Å². The van der Waals surface area contributed by atoms with E-state index in [-0.39, 0.29) is 17.8 Å². The molecule has 0 bridgehead atoms. The topological polar surface area (TPSA) is 52.1 Å². The van der Waals surface area contributed by atoms with Crippen molar-refractivity contribution in [2.45, 2.75) is 25.8 Å². The van der Waals surface area contributed by atoms with Crippen LogP contribution in [0.5, 0.6) is 0 Å². The number of piperidine rings is 1. The van der Waals surface area contributed by atoms with Crippen LogP contribution in [0, 0.1) is 11.2 Å². The Morgan fingerprint density at radius 1 is 1.11 bits per heavy atom. The minimum atomic E-state index is -0.241. The summed E-state index contributed by atoms with van der Waals surface area (Å²) in [6.45, 7) is 2.81. The van der Waals surface area contributed by atoms with E-state index in [4.69, 9.17) is 0 Å². The molecule has 4 nitrogen and oxygen atoms in total. The van der Waals surface area contributed by atoms with Crippen molar-refractivity contribution in [2.75, 3.05) is 19.7 Å². The summed E-state index contributed by atoms with van der Waals surface area (Å²) in [7, 11) is 0. The summed E-state index contributed by atoms with van der Waals surface area (Å²) in [6, 6.07) is 16.9. The standard InChI is InChI=1S/C23H26FN3O/c24-21-9-7-19(8-10-21)22-20(14-25-26-22)15-27-12-4-11-23(16-27,17-28)13-18-5-2-1-3-6-18/h1-3,5-10,14,28H,4,11-13,15-17H2,(H,25,26)/t23-/m1/s1. The molecule has 1 saturated heterocycles. The van der Waals surface area contributed by atoms with Crippen LogP contribution >= 0.6 is 0 Å². The highest BCUT2D eigenvalue weighted by Crippen LogP contribution is 2.34. The molecule has 0 unspecified atom stereocenters. The summed E-state index contributed by atoms with van der Waals surface area (Å²) < 4.78 is 13.2. The summed E-state index contributed by atoms with van der Waals surface area (Å²) >= 11 is 0. The predicted octanol–water partition coefficient (Wildman–Crippen LogP) is 4.03. The lowest BCUT2D eigenvalue weighted by atomic mass is 9.75. The highest BCUT2D eigenvalue weighted by Gasteiger charge is 2.35. The number of benzene rings is 2. The van der Waals surface area contributed by atoms with E-state index in [0.29, 0.717) is 0 Å². The van der Waals surface area contributed by atoms with Crippen molar-refractivity contribution in [3.8, 4) is 11.3 Å². The molecule has 4 rings (SSSR count). The van der Waals surface area contributed by atoms with Gasteiger partial charge in [0, 0.05) is 29.6 Å². The van der Waals surface area contributed by atoms with Gasteiger partial charge in [-0.15, -0.1) is 0 Å². The second kappa shape index (κ2) is 8.25. The number of rotatable bonds is 6. The molecule has 2 N–H and O–H groups in total. The zero-order chi connectivity index (χ0) is 19.4. The molecule has 0 saturated carbocycles. The average molecular weight is 379 g/mol. The van der Waals surface area contributed by atoms with Crippen molar-refractivity contribution >= 4 is 0 Å². The quantitative estimate of drug-likeness (QED) is 0.680. The van der Waals surface area contributed by atoms with E-state index in [1.165, 1.54) is 17.7 Å². The minimum absolute atomic E-state index is 0.112. The van der Waals surface area contributed by atoms with Crippen molar-refractivity contribution in [1.29, 1.82) is 0 Å².